The fourth-order valence-electron chi connectivity index (χ4n) is 6.00. The van der Waals surface area contributed by atoms with Crippen LogP contribution in [-0.2, 0) is 11.2 Å². The monoisotopic (exact) mass is 633 g/mol. The summed E-state index contributed by atoms with van der Waals surface area (Å²) in [4.78, 5) is 18.3. The quantitative estimate of drug-likeness (QED) is 0.117. The van der Waals surface area contributed by atoms with E-state index in [4.69, 9.17) is 14.7 Å². The molecule has 7 rings (SSSR count). The minimum absolute atomic E-state index is 0.00183. The summed E-state index contributed by atoms with van der Waals surface area (Å²) in [7, 11) is 0. The van der Waals surface area contributed by atoms with Gasteiger partial charge in [-0.25, -0.2) is 9.97 Å². The molecule has 5 atom stereocenters. The van der Waals surface area contributed by atoms with E-state index in [1.54, 1.807) is 4.57 Å². The molecule has 0 spiro atoms. The lowest BCUT2D eigenvalue weighted by Crippen LogP contribution is -2.29. The fraction of sp³-hybridized carbons (Fsp3) is 0.265. The second kappa shape index (κ2) is 13.6. The molecule has 0 aliphatic carbocycles. The number of aliphatic hydroxyl groups is 3. The second-order valence-corrected chi connectivity index (χ2v) is 11.5. The summed E-state index contributed by atoms with van der Waals surface area (Å²) in [5.41, 5.74) is 4.14. The van der Waals surface area contributed by atoms with Crippen molar-refractivity contribution in [3.05, 3.63) is 126 Å². The lowest BCUT2D eigenvalue weighted by atomic mass is 9.91. The van der Waals surface area contributed by atoms with Crippen LogP contribution >= 0.6 is 0 Å². The van der Waals surface area contributed by atoms with E-state index in [0.717, 1.165) is 16.7 Å². The highest BCUT2D eigenvalue weighted by Crippen LogP contribution is 2.39. The topological polar surface area (TPSA) is 179 Å². The van der Waals surface area contributed by atoms with Crippen LogP contribution in [0.3, 0.4) is 0 Å². The Morgan fingerprint density at radius 2 is 1.53 bits per heavy atom. The zero-order valence-corrected chi connectivity index (χ0v) is 25.3. The van der Waals surface area contributed by atoms with Gasteiger partial charge in [0.25, 0.3) is 0 Å². The van der Waals surface area contributed by atoms with E-state index in [0.29, 0.717) is 35.8 Å². The van der Waals surface area contributed by atoms with Crippen molar-refractivity contribution in [3.8, 4) is 0 Å². The van der Waals surface area contributed by atoms with E-state index >= 15 is 0 Å². The molecule has 4 heterocycles. The molecule has 0 radical (unpaired) electrons. The van der Waals surface area contributed by atoms with Crippen LogP contribution in [0.25, 0.3) is 11.2 Å². The predicted molar refractivity (Wildman–Crippen MR) is 174 cm³/mol. The summed E-state index contributed by atoms with van der Waals surface area (Å²) in [6, 6.07) is 29.9. The predicted octanol–water partition coefficient (Wildman–Crippen LogP) is 3.20. The summed E-state index contributed by atoms with van der Waals surface area (Å²) >= 11 is 0. The van der Waals surface area contributed by atoms with Crippen molar-refractivity contribution < 1.29 is 20.1 Å². The summed E-state index contributed by atoms with van der Waals surface area (Å²) < 4.78 is 7.68. The van der Waals surface area contributed by atoms with Crippen LogP contribution in [0.15, 0.2) is 104 Å². The van der Waals surface area contributed by atoms with Gasteiger partial charge in [0.2, 0.25) is 5.95 Å². The van der Waals surface area contributed by atoms with Crippen molar-refractivity contribution in [2.24, 2.45) is 0 Å². The third-order valence-electron chi connectivity index (χ3n) is 8.39. The molecule has 13 nitrogen and oxygen atoms in total. The highest BCUT2D eigenvalue weighted by atomic mass is 16.6. The number of aromatic amines is 1. The standard InChI is InChI=1S/C34H35N9O4/c44-18-24(16-21-10-4-1-5-11-21)39-34-40-30(35-17-25(22-12-6-2-7-13-22)23-14-8-3-9-15-23)26-32(41-34)43(20-37-26)33-28(46)27(45)29(47-33)31-36-19-38-42-31/h1-15,19-20,24-25,27-29,33,44-46H,16-18H2,(H,36,38,42)(H2,35,39,40,41)/t24?,27-,28+,29?,33+/m0/s1. The first-order valence-electron chi connectivity index (χ1n) is 15.5. The maximum absolute atomic E-state index is 11.1. The first-order chi connectivity index (χ1) is 23.1. The molecule has 6 N–H and O–H groups in total. The fourth-order valence-corrected chi connectivity index (χ4v) is 6.00. The van der Waals surface area contributed by atoms with Gasteiger partial charge in [0, 0.05) is 12.5 Å². The van der Waals surface area contributed by atoms with Crippen molar-refractivity contribution in [1.82, 2.24) is 34.7 Å². The summed E-state index contributed by atoms with van der Waals surface area (Å²) in [5, 5.41) is 45.6. The van der Waals surface area contributed by atoms with E-state index in [1.807, 2.05) is 66.7 Å². The smallest absolute Gasteiger partial charge is 0.227 e. The van der Waals surface area contributed by atoms with Crippen LogP contribution in [0.2, 0.25) is 0 Å². The number of nitrogens with one attached hydrogen (secondary N) is 3. The summed E-state index contributed by atoms with van der Waals surface area (Å²) in [6.07, 6.45) is -1.18. The van der Waals surface area contributed by atoms with Crippen molar-refractivity contribution >= 4 is 22.9 Å². The maximum Gasteiger partial charge on any atom is 0.227 e. The molecule has 0 saturated carbocycles. The van der Waals surface area contributed by atoms with Gasteiger partial charge in [0.05, 0.1) is 19.0 Å². The Hall–Kier alpha value is -5.21. The molecular weight excluding hydrogens is 598 g/mol. The number of ether oxygens (including phenoxy) is 1. The van der Waals surface area contributed by atoms with Gasteiger partial charge in [-0.3, -0.25) is 9.67 Å². The van der Waals surface area contributed by atoms with Gasteiger partial charge >= 0.3 is 0 Å². The molecule has 0 amide bonds. The average molecular weight is 634 g/mol. The van der Waals surface area contributed by atoms with Crippen molar-refractivity contribution in [2.75, 3.05) is 23.8 Å². The highest BCUT2D eigenvalue weighted by Gasteiger charge is 2.46. The third kappa shape index (κ3) is 6.42. The van der Waals surface area contributed by atoms with Crippen LogP contribution in [0.1, 0.15) is 40.8 Å². The van der Waals surface area contributed by atoms with Crippen LogP contribution in [-0.4, -0.2) is 81.4 Å². The van der Waals surface area contributed by atoms with Crippen molar-refractivity contribution in [1.29, 1.82) is 0 Å². The molecule has 3 aromatic heterocycles. The zero-order valence-electron chi connectivity index (χ0n) is 25.3. The number of hydrogen-bond donors (Lipinski definition) is 6. The van der Waals surface area contributed by atoms with E-state index in [-0.39, 0.29) is 24.5 Å². The Kier molecular flexibility index (Phi) is 8.84. The van der Waals surface area contributed by atoms with Gasteiger partial charge < -0.3 is 30.7 Å². The molecule has 1 saturated heterocycles. The molecule has 3 aromatic carbocycles. The molecule has 6 aromatic rings. The molecule has 1 fully saturated rings. The van der Waals surface area contributed by atoms with Crippen LogP contribution in [0.5, 0.6) is 0 Å². The lowest BCUT2D eigenvalue weighted by Gasteiger charge is -2.21. The Balaban J connectivity index is 1.25. The van der Waals surface area contributed by atoms with Gasteiger partial charge in [0.15, 0.2) is 29.0 Å². The van der Waals surface area contributed by atoms with Crippen molar-refractivity contribution in [3.63, 3.8) is 0 Å². The van der Waals surface area contributed by atoms with Gasteiger partial charge in [-0.2, -0.15) is 15.1 Å². The van der Waals surface area contributed by atoms with E-state index in [9.17, 15) is 15.3 Å². The highest BCUT2D eigenvalue weighted by molar-refractivity contribution is 5.84. The number of imidazole rings is 1. The number of fused-ring (bicyclic) bond motifs is 1. The number of anilines is 2. The molecule has 1 aliphatic heterocycles. The molecule has 0 bridgehead atoms. The van der Waals surface area contributed by atoms with Crippen LogP contribution in [0, 0.1) is 0 Å². The summed E-state index contributed by atoms with van der Waals surface area (Å²) in [5.74, 6) is 1.02. The molecular formula is C34H35N9O4. The minimum Gasteiger partial charge on any atom is -0.394 e. The number of benzene rings is 3. The zero-order chi connectivity index (χ0) is 32.2. The van der Waals surface area contributed by atoms with E-state index < -0.39 is 24.5 Å². The number of aliphatic hydroxyl groups excluding tert-OH is 3. The number of aromatic nitrogens is 7. The third-order valence-corrected chi connectivity index (χ3v) is 8.39. The number of H-pyrrole nitrogens is 1. The number of hydrogen-bond acceptors (Lipinski definition) is 11. The molecule has 2 unspecified atom stereocenters. The lowest BCUT2D eigenvalue weighted by molar-refractivity contribution is -0.0382. The first-order valence-corrected chi connectivity index (χ1v) is 15.5. The van der Waals surface area contributed by atoms with Crippen LogP contribution in [0.4, 0.5) is 11.8 Å². The van der Waals surface area contributed by atoms with E-state index in [1.165, 1.54) is 12.7 Å². The summed E-state index contributed by atoms with van der Waals surface area (Å²) in [6.45, 7) is 0.340. The maximum atomic E-state index is 11.1. The Bertz CT molecular complexity index is 1830. The minimum atomic E-state index is -1.31. The van der Waals surface area contributed by atoms with Crippen LogP contribution < -0.4 is 10.6 Å². The Labute approximate surface area is 270 Å². The van der Waals surface area contributed by atoms with Crippen molar-refractivity contribution in [2.45, 2.75) is 42.9 Å². The molecule has 13 heteroatoms. The molecule has 1 aliphatic rings. The second-order valence-electron chi connectivity index (χ2n) is 11.5. The Morgan fingerprint density at radius 3 is 2.17 bits per heavy atom. The molecule has 47 heavy (non-hydrogen) atoms. The van der Waals surface area contributed by atoms with Gasteiger partial charge in [-0.15, -0.1) is 0 Å². The Morgan fingerprint density at radius 1 is 0.851 bits per heavy atom. The SMILES string of the molecule is OCC(Cc1ccccc1)Nc1nc(NCC(c2ccccc2)c2ccccc2)c2ncn([C@@H]3OC(c4ncn[nH]4)[C@@H](O)[C@H]3O)c2n1. The van der Waals surface area contributed by atoms with E-state index in [2.05, 4.69) is 55.1 Å². The molecule has 240 valence electrons. The first kappa shape index (κ1) is 30.4. The number of rotatable bonds is 12. The average Bonchev–Trinajstić information content (AvgIpc) is 3.86. The number of nitrogens with zero attached hydrogens (tertiary/aromatic N) is 6. The van der Waals surface area contributed by atoms with Gasteiger partial charge in [0.1, 0.15) is 24.6 Å². The normalized spacial score (nSPS) is 20.1. The largest absolute Gasteiger partial charge is 0.394 e. The van der Waals surface area contributed by atoms with Gasteiger partial charge in [-0.1, -0.05) is 91.0 Å². The van der Waals surface area contributed by atoms with Gasteiger partial charge in [-0.05, 0) is 23.1 Å².